The highest BCUT2D eigenvalue weighted by atomic mass is 32.1. The van der Waals surface area contributed by atoms with Gasteiger partial charge in [-0.1, -0.05) is 65.9 Å². The Morgan fingerprint density at radius 3 is 2.46 bits per heavy atom. The Morgan fingerprint density at radius 2 is 1.77 bits per heavy atom. The number of halogens is 2. The first-order chi connectivity index (χ1) is 16.9. The zero-order valence-electron chi connectivity index (χ0n) is 18.4. The number of thiazole rings is 1. The standard InChI is InChI=1S/C26H18F2N2O4S/c1-2-34-25(33)20-22(16-10-8-15(9-11-16)14-6-4-3-5-7-14)30(24(32)23(20)31)26-29-21-18(28)12-17(27)13-19(21)35-26/h3-13,22,31H,2H2,1H3. The number of rotatable bonds is 5. The monoisotopic (exact) mass is 492 g/mol. The quantitative estimate of drug-likeness (QED) is 0.361. The molecule has 0 spiro atoms. The van der Waals surface area contributed by atoms with E-state index in [4.69, 9.17) is 4.74 Å². The molecular weight excluding hydrogens is 474 g/mol. The SMILES string of the molecule is CCOC(=O)C1=C(O)C(=O)N(c2nc3c(F)cc(F)cc3s2)C1c1ccc(-c2ccccc2)cc1. The molecule has 0 fully saturated rings. The first-order valence-corrected chi connectivity index (χ1v) is 11.6. The molecule has 176 valence electrons. The summed E-state index contributed by atoms with van der Waals surface area (Å²) in [6.45, 7) is 1.65. The van der Waals surface area contributed by atoms with Crippen LogP contribution in [-0.2, 0) is 14.3 Å². The highest BCUT2D eigenvalue weighted by Gasteiger charge is 2.46. The Morgan fingerprint density at radius 1 is 1.09 bits per heavy atom. The summed E-state index contributed by atoms with van der Waals surface area (Å²) in [6.07, 6.45) is 0. The van der Waals surface area contributed by atoms with Crippen LogP contribution in [0.5, 0.6) is 0 Å². The van der Waals surface area contributed by atoms with Crippen molar-refractivity contribution in [3.8, 4) is 11.1 Å². The lowest BCUT2D eigenvalue weighted by Crippen LogP contribution is -2.31. The highest BCUT2D eigenvalue weighted by molar-refractivity contribution is 7.22. The van der Waals surface area contributed by atoms with Crippen LogP contribution in [0.3, 0.4) is 0 Å². The number of benzene rings is 3. The van der Waals surface area contributed by atoms with Crippen LogP contribution in [-0.4, -0.2) is 28.6 Å². The number of amides is 1. The number of aromatic nitrogens is 1. The number of aliphatic hydroxyl groups is 1. The predicted octanol–water partition coefficient (Wildman–Crippen LogP) is 5.70. The summed E-state index contributed by atoms with van der Waals surface area (Å²) >= 11 is 0.878. The second-order valence-electron chi connectivity index (χ2n) is 7.78. The summed E-state index contributed by atoms with van der Waals surface area (Å²) in [5.74, 6) is -4.16. The van der Waals surface area contributed by atoms with Crippen LogP contribution in [0.4, 0.5) is 13.9 Å². The van der Waals surface area contributed by atoms with E-state index in [2.05, 4.69) is 4.98 Å². The summed E-state index contributed by atoms with van der Waals surface area (Å²) in [6, 6.07) is 17.5. The molecule has 0 bridgehead atoms. The van der Waals surface area contributed by atoms with Crippen LogP contribution in [0.15, 0.2) is 78.1 Å². The van der Waals surface area contributed by atoms with Crippen molar-refractivity contribution >= 4 is 38.6 Å². The molecule has 1 unspecified atom stereocenters. The van der Waals surface area contributed by atoms with E-state index in [9.17, 15) is 23.5 Å². The van der Waals surface area contributed by atoms with E-state index in [0.29, 0.717) is 11.6 Å². The average molecular weight is 493 g/mol. The van der Waals surface area contributed by atoms with Crippen molar-refractivity contribution in [3.05, 3.63) is 95.3 Å². The van der Waals surface area contributed by atoms with Crippen molar-refractivity contribution in [1.29, 1.82) is 0 Å². The molecule has 1 atom stereocenters. The molecule has 1 aromatic heterocycles. The summed E-state index contributed by atoms with van der Waals surface area (Å²) in [4.78, 5) is 31.2. The van der Waals surface area contributed by atoms with Gasteiger partial charge in [0.15, 0.2) is 16.7 Å². The zero-order chi connectivity index (χ0) is 24.7. The van der Waals surface area contributed by atoms with Gasteiger partial charge in [-0.3, -0.25) is 9.69 Å². The first-order valence-electron chi connectivity index (χ1n) is 10.7. The number of fused-ring (bicyclic) bond motifs is 1. The van der Waals surface area contributed by atoms with Gasteiger partial charge in [0.25, 0.3) is 5.91 Å². The lowest BCUT2D eigenvalue weighted by atomic mass is 9.96. The van der Waals surface area contributed by atoms with Crippen LogP contribution < -0.4 is 4.90 Å². The Kier molecular flexibility index (Phi) is 5.78. The second kappa shape index (κ2) is 8.92. The molecule has 1 aliphatic rings. The largest absolute Gasteiger partial charge is 0.503 e. The average Bonchev–Trinajstić information content (AvgIpc) is 3.38. The van der Waals surface area contributed by atoms with Crippen molar-refractivity contribution in [3.63, 3.8) is 0 Å². The molecule has 4 aromatic rings. The fraction of sp³-hybridized carbons (Fsp3) is 0.115. The third-order valence-electron chi connectivity index (χ3n) is 5.65. The molecule has 9 heteroatoms. The van der Waals surface area contributed by atoms with Crippen LogP contribution in [0, 0.1) is 11.6 Å². The van der Waals surface area contributed by atoms with E-state index in [-0.39, 0.29) is 27.5 Å². The predicted molar refractivity (Wildman–Crippen MR) is 128 cm³/mol. The Labute approximate surface area is 202 Å². The van der Waals surface area contributed by atoms with Gasteiger partial charge in [-0.25, -0.2) is 18.6 Å². The van der Waals surface area contributed by atoms with Gasteiger partial charge in [-0.2, -0.15) is 0 Å². The van der Waals surface area contributed by atoms with Crippen molar-refractivity contribution in [2.75, 3.05) is 11.5 Å². The van der Waals surface area contributed by atoms with E-state index in [1.165, 1.54) is 0 Å². The summed E-state index contributed by atoms with van der Waals surface area (Å²) < 4.78 is 33.4. The summed E-state index contributed by atoms with van der Waals surface area (Å²) in [5.41, 5.74) is 2.05. The number of hydrogen-bond donors (Lipinski definition) is 1. The molecule has 0 saturated carbocycles. The first kappa shape index (κ1) is 22.7. The number of anilines is 1. The number of esters is 1. The van der Waals surface area contributed by atoms with Crippen molar-refractivity contribution in [1.82, 2.24) is 4.98 Å². The minimum absolute atomic E-state index is 0.0116. The minimum atomic E-state index is -1.07. The molecule has 3 aromatic carbocycles. The number of carbonyl (C=O) groups is 2. The molecule has 0 aliphatic carbocycles. The normalized spacial score (nSPS) is 15.8. The van der Waals surface area contributed by atoms with E-state index in [1.807, 2.05) is 42.5 Å². The van der Waals surface area contributed by atoms with Gasteiger partial charge in [-0.05, 0) is 29.7 Å². The van der Waals surface area contributed by atoms with E-state index in [0.717, 1.165) is 33.4 Å². The van der Waals surface area contributed by atoms with Gasteiger partial charge in [0, 0.05) is 6.07 Å². The van der Waals surface area contributed by atoms with Crippen LogP contribution >= 0.6 is 11.3 Å². The van der Waals surface area contributed by atoms with Crippen LogP contribution in [0.1, 0.15) is 18.5 Å². The molecule has 0 saturated heterocycles. The van der Waals surface area contributed by atoms with Crippen molar-refractivity contribution in [2.45, 2.75) is 13.0 Å². The summed E-state index contributed by atoms with van der Waals surface area (Å²) in [7, 11) is 0. The van der Waals surface area contributed by atoms with E-state index < -0.39 is 35.3 Å². The fourth-order valence-electron chi connectivity index (χ4n) is 4.07. The second-order valence-corrected chi connectivity index (χ2v) is 8.79. The highest BCUT2D eigenvalue weighted by Crippen LogP contribution is 2.44. The summed E-state index contributed by atoms with van der Waals surface area (Å²) in [5, 5.41) is 10.7. The third-order valence-corrected chi connectivity index (χ3v) is 6.65. The minimum Gasteiger partial charge on any atom is -0.503 e. The number of aliphatic hydroxyl groups excluding tert-OH is 1. The molecule has 0 radical (unpaired) electrons. The maximum atomic E-state index is 14.3. The molecule has 2 heterocycles. The van der Waals surface area contributed by atoms with Gasteiger partial charge in [0.05, 0.1) is 11.3 Å². The topological polar surface area (TPSA) is 79.7 Å². The van der Waals surface area contributed by atoms with Crippen molar-refractivity contribution < 1.29 is 28.2 Å². The van der Waals surface area contributed by atoms with Crippen molar-refractivity contribution in [2.24, 2.45) is 0 Å². The van der Waals surface area contributed by atoms with Gasteiger partial charge in [-0.15, -0.1) is 0 Å². The van der Waals surface area contributed by atoms with E-state index in [1.54, 1.807) is 19.1 Å². The zero-order valence-corrected chi connectivity index (χ0v) is 19.2. The smallest absolute Gasteiger partial charge is 0.340 e. The van der Waals surface area contributed by atoms with Crippen LogP contribution in [0.25, 0.3) is 21.3 Å². The van der Waals surface area contributed by atoms with Crippen LogP contribution in [0.2, 0.25) is 0 Å². The molecule has 5 rings (SSSR count). The Bertz CT molecular complexity index is 1480. The molecule has 1 aliphatic heterocycles. The molecular formula is C26H18F2N2O4S. The lowest BCUT2D eigenvalue weighted by molar-refractivity contribution is -0.139. The van der Waals surface area contributed by atoms with Gasteiger partial charge in [0.1, 0.15) is 22.9 Å². The number of nitrogens with zero attached hydrogens (tertiary/aromatic N) is 2. The molecule has 1 amide bonds. The lowest BCUT2D eigenvalue weighted by Gasteiger charge is -2.24. The van der Waals surface area contributed by atoms with Gasteiger partial charge in [0.2, 0.25) is 0 Å². The number of hydrogen-bond acceptors (Lipinski definition) is 6. The Hall–Kier alpha value is -4.11. The fourth-order valence-corrected chi connectivity index (χ4v) is 5.10. The maximum Gasteiger partial charge on any atom is 0.340 e. The van der Waals surface area contributed by atoms with Gasteiger partial charge >= 0.3 is 5.97 Å². The number of ether oxygens (including phenoxy) is 1. The third kappa shape index (κ3) is 3.93. The molecule has 6 nitrogen and oxygen atoms in total. The maximum absolute atomic E-state index is 14.3. The molecule has 1 N–H and O–H groups in total. The van der Waals surface area contributed by atoms with E-state index >= 15 is 0 Å². The Balaban J connectivity index is 1.63. The van der Waals surface area contributed by atoms with Gasteiger partial charge < -0.3 is 9.84 Å². The molecule has 35 heavy (non-hydrogen) atoms. The number of carbonyl (C=O) groups excluding carboxylic acids is 2.